The Kier molecular flexibility index (Phi) is 3.51. The van der Waals surface area contributed by atoms with E-state index in [1.165, 1.54) is 11.9 Å². The molecule has 3 rings (SSSR count). The van der Waals surface area contributed by atoms with Gasteiger partial charge >= 0.3 is 0 Å². The molecule has 5 nitrogen and oxygen atoms in total. The van der Waals surface area contributed by atoms with Crippen molar-refractivity contribution in [2.75, 3.05) is 11.4 Å². The van der Waals surface area contributed by atoms with E-state index in [2.05, 4.69) is 52.0 Å². The largest absolute Gasteiger partial charge is 0.326 e. The standard InChI is InChI=1S/C15H16ClN5/c1-4-20(12-7-5-6-10(2)8-12)14-11(3)13(16)19-15-17-9-18-21(14)15/h5-9H,4H2,1-3H3. The van der Waals surface area contributed by atoms with Crippen LogP contribution in [0.25, 0.3) is 5.78 Å². The van der Waals surface area contributed by atoms with E-state index in [0.29, 0.717) is 10.9 Å². The first-order valence-electron chi connectivity index (χ1n) is 6.82. The van der Waals surface area contributed by atoms with Crippen LogP contribution in [0.5, 0.6) is 0 Å². The zero-order chi connectivity index (χ0) is 15.0. The number of fused-ring (bicyclic) bond motifs is 1. The third-order valence-corrected chi connectivity index (χ3v) is 3.83. The minimum Gasteiger partial charge on any atom is -0.326 e. The third kappa shape index (κ3) is 2.34. The Morgan fingerprint density at radius 1 is 1.29 bits per heavy atom. The second kappa shape index (κ2) is 5.33. The Hall–Kier alpha value is -2.14. The molecule has 0 fully saturated rings. The van der Waals surface area contributed by atoms with E-state index < -0.39 is 0 Å². The van der Waals surface area contributed by atoms with Gasteiger partial charge in [0.2, 0.25) is 0 Å². The van der Waals surface area contributed by atoms with Crippen molar-refractivity contribution in [3.63, 3.8) is 0 Å². The Labute approximate surface area is 128 Å². The van der Waals surface area contributed by atoms with Crippen LogP contribution in [0, 0.1) is 13.8 Å². The fraction of sp³-hybridized carbons (Fsp3) is 0.267. The summed E-state index contributed by atoms with van der Waals surface area (Å²) in [5, 5.41) is 4.74. The van der Waals surface area contributed by atoms with E-state index in [1.54, 1.807) is 4.52 Å². The predicted molar refractivity (Wildman–Crippen MR) is 84.4 cm³/mol. The molecule has 0 saturated carbocycles. The molecule has 0 aliphatic carbocycles. The number of halogens is 1. The van der Waals surface area contributed by atoms with E-state index in [1.807, 2.05) is 13.0 Å². The molecule has 6 heteroatoms. The van der Waals surface area contributed by atoms with Gasteiger partial charge in [0.25, 0.3) is 5.78 Å². The summed E-state index contributed by atoms with van der Waals surface area (Å²) in [5.74, 6) is 1.40. The van der Waals surface area contributed by atoms with Gasteiger partial charge in [-0.1, -0.05) is 23.7 Å². The van der Waals surface area contributed by atoms with Crippen molar-refractivity contribution in [1.29, 1.82) is 0 Å². The van der Waals surface area contributed by atoms with E-state index in [0.717, 1.165) is 23.6 Å². The highest BCUT2D eigenvalue weighted by Crippen LogP contribution is 2.31. The van der Waals surface area contributed by atoms with Crippen molar-refractivity contribution >= 4 is 28.9 Å². The Balaban J connectivity index is 2.26. The van der Waals surface area contributed by atoms with E-state index in [-0.39, 0.29) is 0 Å². The molecule has 0 amide bonds. The van der Waals surface area contributed by atoms with Gasteiger partial charge in [0.05, 0.1) is 0 Å². The Bertz CT molecular complexity index is 796. The second-order valence-electron chi connectivity index (χ2n) is 4.91. The van der Waals surface area contributed by atoms with Gasteiger partial charge in [-0.3, -0.25) is 0 Å². The minimum atomic E-state index is 0.455. The van der Waals surface area contributed by atoms with Crippen LogP contribution in [-0.2, 0) is 0 Å². The summed E-state index contributed by atoms with van der Waals surface area (Å²) in [4.78, 5) is 10.6. The van der Waals surface area contributed by atoms with Gasteiger partial charge in [0, 0.05) is 17.8 Å². The SMILES string of the molecule is CCN(c1cccc(C)c1)c1c(C)c(Cl)nc2ncnn12. The Morgan fingerprint density at radius 3 is 2.81 bits per heavy atom. The topological polar surface area (TPSA) is 46.3 Å². The number of benzene rings is 1. The average molecular weight is 302 g/mol. The van der Waals surface area contributed by atoms with Crippen LogP contribution < -0.4 is 4.90 Å². The first kappa shape index (κ1) is 13.8. The van der Waals surface area contributed by atoms with E-state index >= 15 is 0 Å². The maximum absolute atomic E-state index is 6.25. The molecule has 0 atom stereocenters. The van der Waals surface area contributed by atoms with Crippen LogP contribution in [0.4, 0.5) is 11.5 Å². The summed E-state index contributed by atoms with van der Waals surface area (Å²) in [6.07, 6.45) is 1.49. The van der Waals surface area contributed by atoms with Crippen molar-refractivity contribution < 1.29 is 0 Å². The van der Waals surface area contributed by atoms with Crippen LogP contribution >= 0.6 is 11.6 Å². The highest BCUT2D eigenvalue weighted by Gasteiger charge is 2.18. The predicted octanol–water partition coefficient (Wildman–Crippen LogP) is 3.55. The minimum absolute atomic E-state index is 0.455. The average Bonchev–Trinajstić information content (AvgIpc) is 2.91. The molecule has 21 heavy (non-hydrogen) atoms. The number of anilines is 2. The molecule has 2 heterocycles. The number of nitrogens with zero attached hydrogens (tertiary/aromatic N) is 5. The van der Waals surface area contributed by atoms with Crippen LogP contribution in [0.3, 0.4) is 0 Å². The molecule has 0 N–H and O–H groups in total. The van der Waals surface area contributed by atoms with Crippen molar-refractivity contribution in [1.82, 2.24) is 19.6 Å². The summed E-state index contributed by atoms with van der Waals surface area (Å²) in [6, 6.07) is 8.34. The second-order valence-corrected chi connectivity index (χ2v) is 5.26. The fourth-order valence-corrected chi connectivity index (χ4v) is 2.61. The van der Waals surface area contributed by atoms with Crippen molar-refractivity contribution in [3.05, 3.63) is 46.9 Å². The molecule has 2 aromatic heterocycles. The lowest BCUT2D eigenvalue weighted by molar-refractivity contribution is 0.868. The van der Waals surface area contributed by atoms with Gasteiger partial charge in [-0.05, 0) is 38.5 Å². The Morgan fingerprint density at radius 2 is 2.10 bits per heavy atom. The molecule has 1 aromatic carbocycles. The van der Waals surface area contributed by atoms with E-state index in [9.17, 15) is 0 Å². The molecule has 0 saturated heterocycles. The normalized spacial score (nSPS) is 11.0. The van der Waals surface area contributed by atoms with Crippen LogP contribution in [0.15, 0.2) is 30.6 Å². The summed E-state index contributed by atoms with van der Waals surface area (Å²) in [6.45, 7) is 6.91. The summed E-state index contributed by atoms with van der Waals surface area (Å²) >= 11 is 6.25. The monoisotopic (exact) mass is 301 g/mol. The molecule has 108 valence electrons. The van der Waals surface area contributed by atoms with Gasteiger partial charge in [0.1, 0.15) is 17.3 Å². The molecule has 3 aromatic rings. The van der Waals surface area contributed by atoms with Gasteiger partial charge < -0.3 is 4.90 Å². The number of hydrogen-bond donors (Lipinski definition) is 0. The molecular formula is C15H16ClN5. The zero-order valence-corrected chi connectivity index (χ0v) is 13.0. The third-order valence-electron chi connectivity index (χ3n) is 3.46. The van der Waals surface area contributed by atoms with Crippen molar-refractivity contribution in [3.8, 4) is 0 Å². The summed E-state index contributed by atoms with van der Waals surface area (Å²) < 4.78 is 1.73. The number of aromatic nitrogens is 4. The van der Waals surface area contributed by atoms with Crippen LogP contribution in [0.1, 0.15) is 18.1 Å². The van der Waals surface area contributed by atoms with Crippen LogP contribution in [0.2, 0.25) is 5.15 Å². The lowest BCUT2D eigenvalue weighted by Gasteiger charge is -2.25. The lowest BCUT2D eigenvalue weighted by Crippen LogP contribution is -2.21. The maximum atomic E-state index is 6.25. The number of aryl methyl sites for hydroxylation is 1. The first-order valence-corrected chi connectivity index (χ1v) is 7.19. The number of rotatable bonds is 3. The quantitative estimate of drug-likeness (QED) is 0.694. The number of hydrogen-bond acceptors (Lipinski definition) is 4. The molecule has 0 aliphatic heterocycles. The van der Waals surface area contributed by atoms with Gasteiger partial charge in [-0.2, -0.15) is 19.6 Å². The molecule has 0 radical (unpaired) electrons. The highest BCUT2D eigenvalue weighted by molar-refractivity contribution is 6.30. The summed E-state index contributed by atoms with van der Waals surface area (Å²) in [5.41, 5.74) is 3.19. The maximum Gasteiger partial charge on any atom is 0.255 e. The zero-order valence-electron chi connectivity index (χ0n) is 12.2. The van der Waals surface area contributed by atoms with Crippen molar-refractivity contribution in [2.45, 2.75) is 20.8 Å². The highest BCUT2D eigenvalue weighted by atomic mass is 35.5. The van der Waals surface area contributed by atoms with E-state index in [4.69, 9.17) is 11.6 Å². The van der Waals surface area contributed by atoms with Gasteiger partial charge in [0.15, 0.2) is 0 Å². The first-order chi connectivity index (χ1) is 10.1. The lowest BCUT2D eigenvalue weighted by atomic mass is 10.2. The molecule has 0 unspecified atom stereocenters. The van der Waals surface area contributed by atoms with Crippen molar-refractivity contribution in [2.24, 2.45) is 0 Å². The summed E-state index contributed by atoms with van der Waals surface area (Å²) in [7, 11) is 0. The molecule has 0 aliphatic rings. The fourth-order valence-electron chi connectivity index (χ4n) is 2.45. The van der Waals surface area contributed by atoms with Crippen LogP contribution in [-0.4, -0.2) is 26.1 Å². The molecule has 0 spiro atoms. The molecule has 0 bridgehead atoms. The van der Waals surface area contributed by atoms with Gasteiger partial charge in [-0.15, -0.1) is 0 Å². The molecular weight excluding hydrogens is 286 g/mol. The smallest absolute Gasteiger partial charge is 0.255 e. The van der Waals surface area contributed by atoms with Gasteiger partial charge in [-0.25, -0.2) is 0 Å².